The van der Waals surface area contributed by atoms with Crippen molar-refractivity contribution in [2.75, 3.05) is 18.5 Å². The van der Waals surface area contributed by atoms with Gasteiger partial charge < -0.3 is 4.90 Å². The van der Waals surface area contributed by atoms with Gasteiger partial charge >= 0.3 is 0 Å². The van der Waals surface area contributed by atoms with Gasteiger partial charge in [-0.3, -0.25) is 0 Å². The maximum absolute atomic E-state index is 4.76. The number of aromatic nitrogens is 2. The molecule has 0 saturated heterocycles. The van der Waals surface area contributed by atoms with Crippen molar-refractivity contribution >= 4 is 21.7 Å². The van der Waals surface area contributed by atoms with Crippen LogP contribution in [0.2, 0.25) is 0 Å². The second kappa shape index (κ2) is 6.42. The average Bonchev–Trinajstić information content (AvgIpc) is 2.38. The quantitative estimate of drug-likeness (QED) is 0.756. The molecular formula is C16H26BrN3. The molecular weight excluding hydrogens is 314 g/mol. The van der Waals surface area contributed by atoms with Gasteiger partial charge in [-0.25, -0.2) is 9.97 Å². The number of hydrogen-bond acceptors (Lipinski definition) is 3. The van der Waals surface area contributed by atoms with Crippen molar-refractivity contribution in [3.8, 4) is 0 Å². The van der Waals surface area contributed by atoms with Gasteiger partial charge in [0.25, 0.3) is 0 Å². The van der Waals surface area contributed by atoms with Gasteiger partial charge in [-0.1, -0.05) is 40.0 Å². The van der Waals surface area contributed by atoms with Crippen LogP contribution in [0.3, 0.4) is 0 Å². The highest BCUT2D eigenvalue weighted by atomic mass is 79.9. The lowest BCUT2D eigenvalue weighted by Crippen LogP contribution is -2.28. The Labute approximate surface area is 131 Å². The minimum atomic E-state index is -0.0236. The summed E-state index contributed by atoms with van der Waals surface area (Å²) in [7, 11) is 2.15. The van der Waals surface area contributed by atoms with Crippen LogP contribution in [-0.2, 0) is 5.41 Å². The van der Waals surface area contributed by atoms with Crippen molar-refractivity contribution in [1.29, 1.82) is 0 Å². The van der Waals surface area contributed by atoms with E-state index in [4.69, 9.17) is 4.98 Å². The standard InChI is InChI=1S/C16H26BrN3/c1-16(2,3)15-18-13(17)10-14(19-15)20(4)11-12-8-6-5-7-9-12/h10,12H,5-9,11H2,1-4H3. The minimum Gasteiger partial charge on any atom is -0.359 e. The van der Waals surface area contributed by atoms with E-state index in [0.717, 1.165) is 28.7 Å². The molecule has 1 saturated carbocycles. The maximum Gasteiger partial charge on any atom is 0.137 e. The number of rotatable bonds is 3. The first-order valence-electron chi connectivity index (χ1n) is 7.62. The topological polar surface area (TPSA) is 29.0 Å². The van der Waals surface area contributed by atoms with Crippen LogP contribution in [-0.4, -0.2) is 23.6 Å². The highest BCUT2D eigenvalue weighted by Gasteiger charge is 2.21. The molecule has 1 heterocycles. The average molecular weight is 340 g/mol. The van der Waals surface area contributed by atoms with Crippen LogP contribution < -0.4 is 4.90 Å². The van der Waals surface area contributed by atoms with Gasteiger partial charge in [-0.15, -0.1) is 0 Å². The highest BCUT2D eigenvalue weighted by Crippen LogP contribution is 2.27. The predicted octanol–water partition coefficient (Wildman–Crippen LogP) is 4.55. The third-order valence-electron chi connectivity index (χ3n) is 4.00. The fourth-order valence-corrected chi connectivity index (χ4v) is 3.16. The van der Waals surface area contributed by atoms with Crippen molar-refractivity contribution < 1.29 is 0 Å². The summed E-state index contributed by atoms with van der Waals surface area (Å²) >= 11 is 3.52. The summed E-state index contributed by atoms with van der Waals surface area (Å²) in [5.74, 6) is 2.75. The first-order valence-corrected chi connectivity index (χ1v) is 8.42. The molecule has 1 aromatic heterocycles. The van der Waals surface area contributed by atoms with Crippen LogP contribution in [0, 0.1) is 5.92 Å². The summed E-state index contributed by atoms with van der Waals surface area (Å²) in [5, 5.41) is 0. The SMILES string of the molecule is CN(CC1CCCCC1)c1cc(Br)nc(C(C)(C)C)n1. The molecule has 1 aromatic rings. The normalized spacial score (nSPS) is 17.2. The van der Waals surface area contributed by atoms with Crippen LogP contribution in [0.15, 0.2) is 10.7 Å². The van der Waals surface area contributed by atoms with E-state index in [9.17, 15) is 0 Å². The number of hydrogen-bond donors (Lipinski definition) is 0. The molecule has 0 bridgehead atoms. The molecule has 4 heteroatoms. The smallest absolute Gasteiger partial charge is 0.137 e. The zero-order valence-electron chi connectivity index (χ0n) is 13.1. The lowest BCUT2D eigenvalue weighted by molar-refractivity contribution is 0.361. The highest BCUT2D eigenvalue weighted by molar-refractivity contribution is 9.10. The fourth-order valence-electron chi connectivity index (χ4n) is 2.79. The maximum atomic E-state index is 4.76. The van der Waals surface area contributed by atoms with E-state index in [1.807, 2.05) is 6.07 Å². The van der Waals surface area contributed by atoms with Crippen LogP contribution in [0.25, 0.3) is 0 Å². The van der Waals surface area contributed by atoms with Crippen LogP contribution in [0.4, 0.5) is 5.82 Å². The monoisotopic (exact) mass is 339 g/mol. The summed E-state index contributed by atoms with van der Waals surface area (Å²) in [5.41, 5.74) is -0.0236. The second-order valence-corrected chi connectivity index (χ2v) is 7.82. The van der Waals surface area contributed by atoms with Crippen molar-refractivity contribution in [2.24, 2.45) is 5.92 Å². The van der Waals surface area contributed by atoms with Gasteiger partial charge in [0.15, 0.2) is 0 Å². The number of anilines is 1. The lowest BCUT2D eigenvalue weighted by atomic mass is 9.89. The van der Waals surface area contributed by atoms with Crippen molar-refractivity contribution in [1.82, 2.24) is 9.97 Å². The van der Waals surface area contributed by atoms with Gasteiger partial charge in [-0.2, -0.15) is 0 Å². The molecule has 0 aromatic carbocycles. The van der Waals surface area contributed by atoms with E-state index >= 15 is 0 Å². The van der Waals surface area contributed by atoms with Gasteiger partial charge in [-0.05, 0) is 34.7 Å². The summed E-state index contributed by atoms with van der Waals surface area (Å²) in [6.45, 7) is 7.56. The van der Waals surface area contributed by atoms with Gasteiger partial charge in [0.05, 0.1) is 0 Å². The van der Waals surface area contributed by atoms with Crippen LogP contribution in [0.5, 0.6) is 0 Å². The molecule has 0 radical (unpaired) electrons. The Hall–Kier alpha value is -0.640. The first-order chi connectivity index (χ1) is 9.36. The minimum absolute atomic E-state index is 0.0236. The number of halogens is 1. The fraction of sp³-hybridized carbons (Fsp3) is 0.750. The van der Waals surface area contributed by atoms with Gasteiger partial charge in [0, 0.05) is 25.1 Å². The third kappa shape index (κ3) is 4.18. The van der Waals surface area contributed by atoms with Gasteiger partial charge in [0.2, 0.25) is 0 Å². The van der Waals surface area contributed by atoms with Gasteiger partial charge in [0.1, 0.15) is 16.2 Å². The lowest BCUT2D eigenvalue weighted by Gasteiger charge is -2.28. The van der Waals surface area contributed by atoms with E-state index < -0.39 is 0 Å². The molecule has 1 aliphatic rings. The molecule has 3 nitrogen and oxygen atoms in total. The molecule has 2 rings (SSSR count). The molecule has 0 N–H and O–H groups in total. The van der Waals surface area contributed by atoms with E-state index in [1.54, 1.807) is 0 Å². The Morgan fingerprint density at radius 1 is 1.20 bits per heavy atom. The second-order valence-electron chi connectivity index (χ2n) is 7.01. The molecule has 1 fully saturated rings. The van der Waals surface area contributed by atoms with Crippen LogP contribution in [0.1, 0.15) is 58.7 Å². The Bertz CT molecular complexity index is 448. The third-order valence-corrected chi connectivity index (χ3v) is 4.41. The summed E-state index contributed by atoms with van der Waals surface area (Å²) in [6.07, 6.45) is 6.91. The molecule has 0 unspecified atom stereocenters. The zero-order valence-corrected chi connectivity index (χ0v) is 14.7. The zero-order chi connectivity index (χ0) is 14.8. The largest absolute Gasteiger partial charge is 0.359 e. The molecule has 20 heavy (non-hydrogen) atoms. The summed E-state index contributed by atoms with van der Waals surface area (Å²) in [6, 6.07) is 2.03. The Morgan fingerprint density at radius 3 is 2.45 bits per heavy atom. The Morgan fingerprint density at radius 2 is 1.85 bits per heavy atom. The van der Waals surface area contributed by atoms with Crippen LogP contribution >= 0.6 is 15.9 Å². The first kappa shape index (κ1) is 15.7. The molecule has 112 valence electrons. The summed E-state index contributed by atoms with van der Waals surface area (Å²) < 4.78 is 0.878. The molecule has 0 aliphatic heterocycles. The molecule has 1 aliphatic carbocycles. The number of nitrogens with zero attached hydrogens (tertiary/aromatic N) is 3. The van der Waals surface area contributed by atoms with E-state index in [1.165, 1.54) is 32.1 Å². The van der Waals surface area contributed by atoms with Crippen molar-refractivity contribution in [3.05, 3.63) is 16.5 Å². The molecule has 0 amide bonds. The Balaban J connectivity index is 2.12. The molecule has 0 spiro atoms. The van der Waals surface area contributed by atoms with E-state index in [-0.39, 0.29) is 5.41 Å². The van der Waals surface area contributed by atoms with Crippen molar-refractivity contribution in [3.63, 3.8) is 0 Å². The predicted molar refractivity (Wildman–Crippen MR) is 88.3 cm³/mol. The molecule has 0 atom stereocenters. The van der Waals surface area contributed by atoms with E-state index in [2.05, 4.69) is 53.6 Å². The van der Waals surface area contributed by atoms with E-state index in [0.29, 0.717) is 0 Å². The van der Waals surface area contributed by atoms with Crippen molar-refractivity contribution in [2.45, 2.75) is 58.3 Å². The summed E-state index contributed by atoms with van der Waals surface area (Å²) in [4.78, 5) is 11.6. The Kier molecular flexibility index (Phi) is 5.05.